The molecule has 1 aromatic heterocycles. The number of benzene rings is 1. The SMILES string of the molecule is CC[C@@H](CC[C@H](C)O)Nc1cc(-n2cc(C)c3c2CC(C)(C)CC3=O)ccc1C(N)O. The number of hydrogen-bond acceptors (Lipinski definition) is 5. The minimum atomic E-state index is -1.09. The predicted molar refractivity (Wildman–Crippen MR) is 125 cm³/mol. The zero-order valence-electron chi connectivity index (χ0n) is 19.4. The van der Waals surface area contributed by atoms with Crippen molar-refractivity contribution >= 4 is 11.5 Å². The van der Waals surface area contributed by atoms with E-state index in [-0.39, 0.29) is 23.3 Å². The summed E-state index contributed by atoms with van der Waals surface area (Å²) in [5.74, 6) is 0.207. The fraction of sp³-hybridized carbons (Fsp3) is 0.560. The quantitative estimate of drug-likeness (QED) is 0.472. The minimum absolute atomic E-state index is 0.0740. The third kappa shape index (κ3) is 5.20. The molecular formula is C25H37N3O3. The lowest BCUT2D eigenvalue weighted by atomic mass is 9.75. The molecule has 0 saturated carbocycles. The van der Waals surface area contributed by atoms with Gasteiger partial charge in [0, 0.05) is 46.9 Å². The van der Waals surface area contributed by atoms with Gasteiger partial charge in [0.2, 0.25) is 0 Å². The van der Waals surface area contributed by atoms with Crippen LogP contribution < -0.4 is 11.1 Å². The van der Waals surface area contributed by atoms with Gasteiger partial charge in [-0.15, -0.1) is 0 Å². The van der Waals surface area contributed by atoms with E-state index in [0.29, 0.717) is 18.4 Å². The Morgan fingerprint density at radius 2 is 1.94 bits per heavy atom. The van der Waals surface area contributed by atoms with Crippen LogP contribution in [0.15, 0.2) is 24.4 Å². The van der Waals surface area contributed by atoms with Gasteiger partial charge in [-0.25, -0.2) is 0 Å². The summed E-state index contributed by atoms with van der Waals surface area (Å²) in [4.78, 5) is 12.8. The van der Waals surface area contributed by atoms with Crippen LogP contribution in [0, 0.1) is 12.3 Å². The van der Waals surface area contributed by atoms with E-state index in [2.05, 4.69) is 30.7 Å². The number of nitrogens with two attached hydrogens (primary N) is 1. The van der Waals surface area contributed by atoms with Gasteiger partial charge in [0.1, 0.15) is 6.23 Å². The van der Waals surface area contributed by atoms with Crippen LogP contribution in [0.5, 0.6) is 0 Å². The van der Waals surface area contributed by atoms with Gasteiger partial charge in [0.15, 0.2) is 5.78 Å². The molecule has 0 spiro atoms. The minimum Gasteiger partial charge on any atom is -0.393 e. The third-order valence-corrected chi connectivity index (χ3v) is 6.28. The summed E-state index contributed by atoms with van der Waals surface area (Å²) in [7, 11) is 0. The van der Waals surface area contributed by atoms with Crippen molar-refractivity contribution in [3.63, 3.8) is 0 Å². The number of anilines is 1. The van der Waals surface area contributed by atoms with Gasteiger partial charge in [-0.2, -0.15) is 0 Å². The summed E-state index contributed by atoms with van der Waals surface area (Å²) < 4.78 is 2.11. The van der Waals surface area contributed by atoms with Crippen LogP contribution in [0.4, 0.5) is 5.69 Å². The van der Waals surface area contributed by atoms with Crippen LogP contribution in [-0.2, 0) is 6.42 Å². The molecule has 1 aliphatic carbocycles. The molecule has 1 heterocycles. The Morgan fingerprint density at radius 3 is 2.55 bits per heavy atom. The maximum Gasteiger partial charge on any atom is 0.165 e. The fourth-order valence-corrected chi connectivity index (χ4v) is 4.63. The van der Waals surface area contributed by atoms with Crippen molar-refractivity contribution < 1.29 is 15.0 Å². The Labute approximate surface area is 185 Å². The van der Waals surface area contributed by atoms with E-state index in [4.69, 9.17) is 5.73 Å². The summed E-state index contributed by atoms with van der Waals surface area (Å²) in [5, 5.41) is 23.3. The van der Waals surface area contributed by atoms with Gasteiger partial charge < -0.3 is 25.8 Å². The topological polar surface area (TPSA) is 101 Å². The van der Waals surface area contributed by atoms with Crippen LogP contribution in [-0.4, -0.2) is 32.7 Å². The van der Waals surface area contributed by atoms with E-state index < -0.39 is 6.23 Å². The van der Waals surface area contributed by atoms with Crippen molar-refractivity contribution in [2.75, 3.05) is 5.32 Å². The van der Waals surface area contributed by atoms with Crippen molar-refractivity contribution in [1.82, 2.24) is 4.57 Å². The summed E-state index contributed by atoms with van der Waals surface area (Å²) in [6.45, 7) is 10.2. The normalized spacial score (nSPS) is 18.4. The average Bonchev–Trinajstić information content (AvgIpc) is 2.99. The lowest BCUT2D eigenvalue weighted by molar-refractivity contribution is 0.0910. The molecule has 1 unspecified atom stereocenters. The molecule has 5 N–H and O–H groups in total. The number of carbonyl (C=O) groups excluding carboxylic acids is 1. The highest BCUT2D eigenvalue weighted by atomic mass is 16.3. The Kier molecular flexibility index (Phi) is 6.94. The predicted octanol–water partition coefficient (Wildman–Crippen LogP) is 4.24. The second-order valence-corrected chi connectivity index (χ2v) is 9.84. The van der Waals surface area contributed by atoms with Gasteiger partial charge in [-0.05, 0) is 62.6 Å². The first kappa shape index (κ1) is 23.5. The van der Waals surface area contributed by atoms with Crippen LogP contribution in [0.3, 0.4) is 0 Å². The molecule has 6 heteroatoms. The molecule has 0 amide bonds. The van der Waals surface area contributed by atoms with Crippen LogP contribution in [0.2, 0.25) is 0 Å². The second kappa shape index (κ2) is 9.15. The number of fused-ring (bicyclic) bond motifs is 1. The molecule has 0 aliphatic heterocycles. The molecule has 170 valence electrons. The van der Waals surface area contributed by atoms with E-state index in [1.165, 1.54) is 0 Å². The van der Waals surface area contributed by atoms with Crippen LogP contribution >= 0.6 is 0 Å². The third-order valence-electron chi connectivity index (χ3n) is 6.28. The lowest BCUT2D eigenvalue weighted by Crippen LogP contribution is -2.28. The Bertz CT molecular complexity index is 944. The van der Waals surface area contributed by atoms with E-state index in [0.717, 1.165) is 47.5 Å². The largest absolute Gasteiger partial charge is 0.393 e. The number of Topliss-reactive ketones (excluding diaryl/α,β-unsaturated/α-hetero) is 1. The number of ketones is 1. The summed E-state index contributed by atoms with van der Waals surface area (Å²) in [6, 6.07) is 5.95. The highest BCUT2D eigenvalue weighted by Gasteiger charge is 2.34. The maximum absolute atomic E-state index is 12.8. The molecule has 0 fully saturated rings. The molecule has 0 radical (unpaired) electrons. The number of nitrogens with one attached hydrogen (secondary N) is 1. The highest BCUT2D eigenvalue weighted by molar-refractivity contribution is 6.00. The smallest absolute Gasteiger partial charge is 0.165 e. The van der Waals surface area contributed by atoms with E-state index in [9.17, 15) is 15.0 Å². The first-order valence-electron chi connectivity index (χ1n) is 11.3. The van der Waals surface area contributed by atoms with Crippen LogP contribution in [0.1, 0.15) is 86.8 Å². The van der Waals surface area contributed by atoms with E-state index >= 15 is 0 Å². The molecule has 3 atom stereocenters. The van der Waals surface area contributed by atoms with Crippen molar-refractivity contribution in [1.29, 1.82) is 0 Å². The first-order valence-corrected chi connectivity index (χ1v) is 11.3. The van der Waals surface area contributed by atoms with Crippen molar-refractivity contribution in [3.8, 4) is 5.69 Å². The zero-order chi connectivity index (χ0) is 22.9. The van der Waals surface area contributed by atoms with Gasteiger partial charge in [-0.3, -0.25) is 4.79 Å². The first-order chi connectivity index (χ1) is 14.5. The highest BCUT2D eigenvalue weighted by Crippen LogP contribution is 2.38. The fourth-order valence-electron chi connectivity index (χ4n) is 4.63. The molecule has 31 heavy (non-hydrogen) atoms. The summed E-state index contributed by atoms with van der Waals surface area (Å²) in [6.07, 6.45) is 4.40. The van der Waals surface area contributed by atoms with Gasteiger partial charge in [0.25, 0.3) is 0 Å². The van der Waals surface area contributed by atoms with E-state index in [1.54, 1.807) is 6.92 Å². The maximum atomic E-state index is 12.8. The van der Waals surface area contributed by atoms with Crippen molar-refractivity contribution in [2.45, 2.75) is 85.1 Å². The standard InChI is InChI=1S/C25H37N3O3/c1-6-17(8-7-16(3)29)27-20-11-18(9-10-19(20)24(26)31)28-14-15(2)23-21(28)12-25(4,5)13-22(23)30/h9-11,14,16-17,24,27,29,31H,6-8,12-13,26H2,1-5H3/t16-,17-,24?/m0/s1. The Balaban J connectivity index is 2.02. The molecule has 0 bridgehead atoms. The number of nitrogens with zero attached hydrogens (tertiary/aromatic N) is 1. The molecule has 0 saturated heterocycles. The van der Waals surface area contributed by atoms with Crippen LogP contribution in [0.25, 0.3) is 5.69 Å². The molecule has 1 aromatic carbocycles. The summed E-state index contributed by atoms with van der Waals surface area (Å²) >= 11 is 0. The summed E-state index contributed by atoms with van der Waals surface area (Å²) in [5.41, 5.74) is 11.0. The number of aryl methyl sites for hydroxylation is 1. The second-order valence-electron chi connectivity index (χ2n) is 9.84. The average molecular weight is 428 g/mol. The Hall–Kier alpha value is -2.15. The lowest BCUT2D eigenvalue weighted by Gasteiger charge is -2.30. The molecule has 1 aliphatic rings. The van der Waals surface area contributed by atoms with Gasteiger partial charge in [-0.1, -0.05) is 26.8 Å². The molecular weight excluding hydrogens is 390 g/mol. The monoisotopic (exact) mass is 427 g/mol. The van der Waals surface area contributed by atoms with Gasteiger partial charge in [0.05, 0.1) is 6.10 Å². The molecule has 3 rings (SSSR count). The molecule has 6 nitrogen and oxygen atoms in total. The number of rotatable bonds is 8. The number of carbonyl (C=O) groups is 1. The van der Waals surface area contributed by atoms with E-state index in [1.807, 2.05) is 31.3 Å². The van der Waals surface area contributed by atoms with Crippen molar-refractivity contribution in [3.05, 3.63) is 46.8 Å². The number of aliphatic hydroxyl groups is 2. The number of aliphatic hydroxyl groups excluding tert-OH is 2. The van der Waals surface area contributed by atoms with Gasteiger partial charge >= 0.3 is 0 Å². The molecule has 2 aromatic rings. The number of hydrogen-bond donors (Lipinski definition) is 4. The Morgan fingerprint density at radius 1 is 1.23 bits per heavy atom. The van der Waals surface area contributed by atoms with Crippen molar-refractivity contribution in [2.24, 2.45) is 11.1 Å². The zero-order valence-corrected chi connectivity index (χ0v) is 19.4. The number of aromatic nitrogens is 1.